The Morgan fingerprint density at radius 1 is 0.750 bits per heavy atom. The molecule has 0 N–H and O–H groups in total. The molecule has 0 fully saturated rings. The first-order valence-electron chi connectivity index (χ1n) is 14.3. The molecule has 5 nitrogen and oxygen atoms in total. The van der Waals surface area contributed by atoms with Gasteiger partial charge in [-0.1, -0.05) is 104 Å². The third kappa shape index (κ3) is 8.09. The van der Waals surface area contributed by atoms with Gasteiger partial charge < -0.3 is 8.83 Å². The topological polar surface area (TPSA) is 65.3 Å². The molecule has 0 saturated heterocycles. The number of aromatic nitrogens is 1. The average Bonchev–Trinajstić information content (AvgIpc) is 3.50. The van der Waals surface area contributed by atoms with Crippen LogP contribution >= 0.6 is 15.9 Å². The van der Waals surface area contributed by atoms with Gasteiger partial charge >= 0.3 is 0 Å². The molecule has 0 spiro atoms. The van der Waals surface area contributed by atoms with Crippen LogP contribution in [0.2, 0.25) is 0 Å². The molecule has 3 aromatic rings. The zero-order valence-corrected chi connectivity index (χ0v) is 23.9. The minimum atomic E-state index is -0.292. The second-order valence-corrected chi connectivity index (χ2v) is 11.1. The summed E-state index contributed by atoms with van der Waals surface area (Å²) >= 11 is 3.34. The summed E-state index contributed by atoms with van der Waals surface area (Å²) in [5, 5.41) is 0.781. The van der Waals surface area contributed by atoms with E-state index in [0.717, 1.165) is 25.7 Å². The molecule has 0 aliphatic rings. The van der Waals surface area contributed by atoms with Gasteiger partial charge in [-0.05, 0) is 40.8 Å². The van der Waals surface area contributed by atoms with E-state index in [-0.39, 0.29) is 11.1 Å². The first-order chi connectivity index (χ1) is 17.6. The van der Waals surface area contributed by atoms with Crippen LogP contribution in [0.15, 0.2) is 41.5 Å². The number of hydrogen-bond donors (Lipinski definition) is 0. The minimum absolute atomic E-state index is 0.282. The van der Waals surface area contributed by atoms with Crippen molar-refractivity contribution in [3.05, 3.63) is 43.8 Å². The summed E-state index contributed by atoms with van der Waals surface area (Å²) in [6.07, 6.45) is 21.4. The summed E-state index contributed by atoms with van der Waals surface area (Å²) in [5.74, 6) is 0.316. The van der Waals surface area contributed by atoms with E-state index in [1.165, 1.54) is 87.9 Å². The Morgan fingerprint density at radius 3 is 1.86 bits per heavy atom. The largest absolute Gasteiger partial charge is 0.460 e. The maximum atomic E-state index is 13.5. The molecule has 0 amide bonds. The van der Waals surface area contributed by atoms with Crippen LogP contribution in [0.1, 0.15) is 117 Å². The summed E-state index contributed by atoms with van der Waals surface area (Å²) in [6.45, 7) is 4.95. The number of hydrogen-bond acceptors (Lipinski definition) is 4. The Labute approximate surface area is 223 Å². The molecule has 3 rings (SSSR count). The summed E-state index contributed by atoms with van der Waals surface area (Å²) in [4.78, 5) is 26.9. The fourth-order valence-corrected chi connectivity index (χ4v) is 5.65. The van der Waals surface area contributed by atoms with Gasteiger partial charge in [0.15, 0.2) is 15.8 Å². The van der Waals surface area contributed by atoms with Crippen molar-refractivity contribution in [2.45, 2.75) is 123 Å². The number of fused-ring (bicyclic) bond motifs is 3. The summed E-state index contributed by atoms with van der Waals surface area (Å²) in [6, 6.07) is 3.29. The molecule has 3 heterocycles. The molecule has 200 valence electrons. The van der Waals surface area contributed by atoms with E-state index in [1.807, 2.05) is 0 Å². The van der Waals surface area contributed by atoms with E-state index in [2.05, 4.69) is 29.8 Å². The minimum Gasteiger partial charge on any atom is -0.460 e. The van der Waals surface area contributed by atoms with Crippen molar-refractivity contribution in [2.24, 2.45) is 5.92 Å². The Kier molecular flexibility index (Phi) is 12.3. The zero-order chi connectivity index (χ0) is 25.8. The van der Waals surface area contributed by atoms with Gasteiger partial charge in [0.1, 0.15) is 0 Å². The van der Waals surface area contributed by atoms with E-state index in [9.17, 15) is 9.59 Å². The van der Waals surface area contributed by atoms with Crippen LogP contribution in [0.25, 0.3) is 21.9 Å². The second kappa shape index (κ2) is 15.4. The Balaban J connectivity index is 1.73. The van der Waals surface area contributed by atoms with Crippen LogP contribution in [0.3, 0.4) is 0 Å². The van der Waals surface area contributed by atoms with Crippen molar-refractivity contribution >= 4 is 37.9 Å². The first kappa shape index (κ1) is 28.7. The smallest absolute Gasteiger partial charge is 0.264 e. The van der Waals surface area contributed by atoms with Crippen molar-refractivity contribution < 1.29 is 8.83 Å². The molecule has 0 aliphatic carbocycles. The van der Waals surface area contributed by atoms with Gasteiger partial charge in [0, 0.05) is 12.6 Å². The highest BCUT2D eigenvalue weighted by Gasteiger charge is 2.19. The molecule has 36 heavy (non-hydrogen) atoms. The van der Waals surface area contributed by atoms with Crippen molar-refractivity contribution in [3.8, 4) is 0 Å². The first-order valence-corrected chi connectivity index (χ1v) is 15.1. The van der Waals surface area contributed by atoms with Crippen LogP contribution in [0, 0.1) is 5.92 Å². The Hall–Kier alpha value is -1.82. The monoisotopic (exact) mass is 561 g/mol. The predicted octanol–water partition coefficient (Wildman–Crippen LogP) is 9.36. The molecule has 1 unspecified atom stereocenters. The van der Waals surface area contributed by atoms with Gasteiger partial charge in [-0.25, -0.2) is 0 Å². The molecule has 3 aromatic heterocycles. The van der Waals surface area contributed by atoms with E-state index >= 15 is 0 Å². The van der Waals surface area contributed by atoms with Gasteiger partial charge in [0.05, 0.1) is 17.0 Å². The number of rotatable bonds is 18. The van der Waals surface area contributed by atoms with Gasteiger partial charge in [-0.15, -0.1) is 0 Å². The lowest BCUT2D eigenvalue weighted by Gasteiger charge is -2.17. The fourth-order valence-electron chi connectivity index (χ4n) is 5.26. The van der Waals surface area contributed by atoms with Gasteiger partial charge in [0.25, 0.3) is 11.1 Å². The van der Waals surface area contributed by atoms with Crippen LogP contribution in [0.5, 0.6) is 0 Å². The van der Waals surface area contributed by atoms with E-state index < -0.39 is 0 Å². The molecule has 0 saturated carbocycles. The van der Waals surface area contributed by atoms with Crippen LogP contribution < -0.4 is 11.1 Å². The summed E-state index contributed by atoms with van der Waals surface area (Å²) < 4.78 is 13.2. The van der Waals surface area contributed by atoms with Crippen LogP contribution in [-0.4, -0.2) is 4.57 Å². The van der Waals surface area contributed by atoms with Gasteiger partial charge in [0.2, 0.25) is 0 Å². The van der Waals surface area contributed by atoms with Gasteiger partial charge in [-0.2, -0.15) is 0 Å². The molecule has 0 radical (unpaired) electrons. The molecule has 0 bridgehead atoms. The van der Waals surface area contributed by atoms with E-state index in [0.29, 0.717) is 39.1 Å². The Morgan fingerprint density at radius 2 is 1.28 bits per heavy atom. The highest BCUT2D eigenvalue weighted by molar-refractivity contribution is 9.10. The standard InChI is InChI=1S/C30H44BrNO4/c1-3-5-7-9-11-12-14-16-18-23(17-15-13-10-8-6-4-2)22-32-29(33)24-19-20-35-27(24)28-25(30(32)34)21-26(31)36-28/h19-21,23H,3-18,22H2,1-2H3. The van der Waals surface area contributed by atoms with Gasteiger partial charge in [-0.3, -0.25) is 14.2 Å². The second-order valence-electron chi connectivity index (χ2n) is 10.4. The summed E-state index contributed by atoms with van der Waals surface area (Å²) in [5.41, 5.74) is 0.0974. The number of furan rings is 2. The number of halogens is 1. The van der Waals surface area contributed by atoms with Crippen molar-refractivity contribution in [1.82, 2.24) is 4.57 Å². The van der Waals surface area contributed by atoms with Crippen molar-refractivity contribution in [1.29, 1.82) is 0 Å². The van der Waals surface area contributed by atoms with E-state index in [1.54, 1.807) is 12.1 Å². The maximum absolute atomic E-state index is 13.5. The third-order valence-corrected chi connectivity index (χ3v) is 7.79. The zero-order valence-electron chi connectivity index (χ0n) is 22.3. The van der Waals surface area contributed by atoms with Crippen LogP contribution in [0.4, 0.5) is 0 Å². The molecule has 1 atom stereocenters. The third-order valence-electron chi connectivity index (χ3n) is 7.40. The normalized spacial score (nSPS) is 12.6. The lowest BCUT2D eigenvalue weighted by Crippen LogP contribution is -2.33. The quantitative estimate of drug-likeness (QED) is 0.145. The molecule has 0 aromatic carbocycles. The lowest BCUT2D eigenvalue weighted by molar-refractivity contribution is 0.351. The molecular weight excluding hydrogens is 518 g/mol. The predicted molar refractivity (Wildman–Crippen MR) is 153 cm³/mol. The van der Waals surface area contributed by atoms with E-state index in [4.69, 9.17) is 8.83 Å². The average molecular weight is 563 g/mol. The molecule has 0 aliphatic heterocycles. The van der Waals surface area contributed by atoms with Crippen molar-refractivity contribution in [2.75, 3.05) is 0 Å². The number of nitrogens with zero attached hydrogens (tertiary/aromatic N) is 1. The van der Waals surface area contributed by atoms with Crippen molar-refractivity contribution in [3.63, 3.8) is 0 Å². The Bertz CT molecular complexity index is 1180. The highest BCUT2D eigenvalue weighted by Crippen LogP contribution is 2.27. The molecular formula is C30H44BrNO4. The SMILES string of the molecule is CCCCCCCCCCC(CCCCCCCC)Cn1c(=O)c2ccoc2c2oc(Br)cc2c1=O. The maximum Gasteiger partial charge on any atom is 0.264 e. The summed E-state index contributed by atoms with van der Waals surface area (Å²) in [7, 11) is 0. The fraction of sp³-hybridized carbons (Fsp3) is 0.667. The molecule has 6 heteroatoms. The number of unbranched alkanes of at least 4 members (excludes halogenated alkanes) is 12. The highest BCUT2D eigenvalue weighted by atomic mass is 79.9. The van der Waals surface area contributed by atoms with Crippen LogP contribution in [-0.2, 0) is 6.54 Å². The lowest BCUT2D eigenvalue weighted by atomic mass is 9.93.